The molecule has 112 valence electrons. The smallest absolute Gasteiger partial charge is 0.373 e. The average molecular weight is 280 g/mol. The number of piperazine rings is 1. The van der Waals surface area contributed by atoms with Crippen LogP contribution in [0.2, 0.25) is 0 Å². The molecule has 0 spiro atoms. The Morgan fingerprint density at radius 1 is 1.35 bits per heavy atom. The fourth-order valence-electron chi connectivity index (χ4n) is 2.73. The molecule has 5 nitrogen and oxygen atoms in total. The first-order valence-electron chi connectivity index (χ1n) is 7.08. The number of carbonyl (C=O) groups is 1. The zero-order chi connectivity index (χ0) is 14.9. The van der Waals surface area contributed by atoms with Crippen LogP contribution in [0, 0.1) is 0 Å². The van der Waals surface area contributed by atoms with Gasteiger partial charge in [-0.15, -0.1) is 0 Å². The van der Waals surface area contributed by atoms with Gasteiger partial charge >= 0.3 is 5.97 Å². The molecule has 0 N–H and O–H groups in total. The summed E-state index contributed by atoms with van der Waals surface area (Å²) >= 11 is 0. The normalized spacial score (nSPS) is 26.4. The average Bonchev–Trinajstić information content (AvgIpc) is 2.92. The van der Waals surface area contributed by atoms with Crippen LogP contribution in [-0.2, 0) is 4.74 Å². The molecular formula is C15H24N2O3. The van der Waals surface area contributed by atoms with Gasteiger partial charge in [-0.2, -0.15) is 0 Å². The maximum Gasteiger partial charge on any atom is 0.373 e. The minimum Gasteiger partial charge on any atom is -0.463 e. The molecule has 1 aliphatic rings. The SMILES string of the molecule is COC(=O)c1ccc(C(C)N2CC(C)N(C)C(C)C2)o1. The van der Waals surface area contributed by atoms with E-state index in [1.54, 1.807) is 6.07 Å². The number of likely N-dealkylation sites (N-methyl/N-ethyl adjacent to an activating group) is 1. The third-order valence-corrected chi connectivity index (χ3v) is 4.36. The number of nitrogens with zero attached hydrogens (tertiary/aromatic N) is 2. The van der Waals surface area contributed by atoms with Gasteiger partial charge in [-0.1, -0.05) is 0 Å². The largest absolute Gasteiger partial charge is 0.463 e. The predicted molar refractivity (Wildman–Crippen MR) is 76.7 cm³/mol. The van der Waals surface area contributed by atoms with Gasteiger partial charge in [0, 0.05) is 25.2 Å². The highest BCUT2D eigenvalue weighted by molar-refractivity contribution is 5.86. The second kappa shape index (κ2) is 5.97. The second-order valence-corrected chi connectivity index (χ2v) is 5.69. The lowest BCUT2D eigenvalue weighted by Gasteiger charge is -2.44. The number of hydrogen-bond acceptors (Lipinski definition) is 5. The summed E-state index contributed by atoms with van der Waals surface area (Å²) in [5.41, 5.74) is 0. The van der Waals surface area contributed by atoms with Gasteiger partial charge in [-0.25, -0.2) is 4.79 Å². The summed E-state index contributed by atoms with van der Waals surface area (Å²) < 4.78 is 10.3. The Hall–Kier alpha value is -1.33. The van der Waals surface area contributed by atoms with Crippen LogP contribution in [0.3, 0.4) is 0 Å². The third kappa shape index (κ3) is 2.88. The summed E-state index contributed by atoms with van der Waals surface area (Å²) in [5.74, 6) is 0.655. The summed E-state index contributed by atoms with van der Waals surface area (Å²) in [4.78, 5) is 16.2. The number of methoxy groups -OCH3 is 1. The molecule has 1 aliphatic heterocycles. The topological polar surface area (TPSA) is 45.9 Å². The molecule has 0 saturated carbocycles. The number of rotatable bonds is 3. The van der Waals surface area contributed by atoms with Crippen molar-refractivity contribution in [2.45, 2.75) is 38.9 Å². The molecular weight excluding hydrogens is 256 g/mol. The molecule has 0 aromatic carbocycles. The van der Waals surface area contributed by atoms with Crippen LogP contribution in [-0.4, -0.2) is 55.1 Å². The lowest BCUT2D eigenvalue weighted by molar-refractivity contribution is 0.0312. The highest BCUT2D eigenvalue weighted by Crippen LogP contribution is 2.26. The van der Waals surface area contributed by atoms with Gasteiger partial charge < -0.3 is 9.15 Å². The zero-order valence-corrected chi connectivity index (χ0v) is 12.9. The van der Waals surface area contributed by atoms with E-state index in [4.69, 9.17) is 4.42 Å². The first-order valence-corrected chi connectivity index (χ1v) is 7.08. The zero-order valence-electron chi connectivity index (χ0n) is 12.9. The summed E-state index contributed by atoms with van der Waals surface area (Å²) in [6.07, 6.45) is 0. The van der Waals surface area contributed by atoms with Crippen molar-refractivity contribution in [3.8, 4) is 0 Å². The van der Waals surface area contributed by atoms with E-state index in [-0.39, 0.29) is 11.8 Å². The summed E-state index contributed by atoms with van der Waals surface area (Å²) in [5, 5.41) is 0. The molecule has 5 heteroatoms. The van der Waals surface area contributed by atoms with Crippen LogP contribution in [0.1, 0.15) is 43.1 Å². The second-order valence-electron chi connectivity index (χ2n) is 5.69. The van der Waals surface area contributed by atoms with Crippen molar-refractivity contribution >= 4 is 5.97 Å². The highest BCUT2D eigenvalue weighted by atomic mass is 16.5. The molecule has 1 aromatic rings. The Bertz CT molecular complexity index is 459. The molecule has 1 saturated heterocycles. The molecule has 0 aliphatic carbocycles. The first kappa shape index (κ1) is 15.1. The predicted octanol–water partition coefficient (Wildman–Crippen LogP) is 2.15. The van der Waals surface area contributed by atoms with Gasteiger partial charge in [-0.3, -0.25) is 9.80 Å². The Morgan fingerprint density at radius 2 is 1.95 bits per heavy atom. The monoisotopic (exact) mass is 280 g/mol. The van der Waals surface area contributed by atoms with Crippen molar-refractivity contribution in [1.82, 2.24) is 9.80 Å². The van der Waals surface area contributed by atoms with Crippen molar-refractivity contribution < 1.29 is 13.9 Å². The lowest BCUT2D eigenvalue weighted by atomic mass is 10.1. The number of ether oxygens (including phenoxy) is 1. The molecule has 0 radical (unpaired) electrons. The lowest BCUT2D eigenvalue weighted by Crippen LogP contribution is -2.55. The van der Waals surface area contributed by atoms with E-state index in [1.807, 2.05) is 6.07 Å². The van der Waals surface area contributed by atoms with Gasteiger partial charge in [0.1, 0.15) is 5.76 Å². The van der Waals surface area contributed by atoms with E-state index in [9.17, 15) is 4.79 Å². The molecule has 2 rings (SSSR count). The minimum atomic E-state index is -0.427. The van der Waals surface area contributed by atoms with E-state index in [0.717, 1.165) is 18.8 Å². The van der Waals surface area contributed by atoms with Gasteiger partial charge in [0.25, 0.3) is 0 Å². The van der Waals surface area contributed by atoms with Crippen LogP contribution >= 0.6 is 0 Å². The van der Waals surface area contributed by atoms with Crippen LogP contribution in [0.15, 0.2) is 16.5 Å². The summed E-state index contributed by atoms with van der Waals surface area (Å²) in [7, 11) is 3.53. The van der Waals surface area contributed by atoms with Crippen LogP contribution < -0.4 is 0 Å². The van der Waals surface area contributed by atoms with Crippen molar-refractivity contribution in [3.05, 3.63) is 23.7 Å². The Labute approximate surface area is 120 Å². The summed E-state index contributed by atoms with van der Waals surface area (Å²) in [6.45, 7) is 8.58. The fourth-order valence-corrected chi connectivity index (χ4v) is 2.73. The molecule has 1 fully saturated rings. The molecule has 0 amide bonds. The fraction of sp³-hybridized carbons (Fsp3) is 0.667. The van der Waals surface area contributed by atoms with Crippen molar-refractivity contribution in [1.29, 1.82) is 0 Å². The van der Waals surface area contributed by atoms with Crippen molar-refractivity contribution in [3.63, 3.8) is 0 Å². The number of esters is 1. The van der Waals surface area contributed by atoms with Crippen LogP contribution in [0.25, 0.3) is 0 Å². The molecule has 1 aromatic heterocycles. The standard InChI is InChI=1S/C15H24N2O3/c1-10-8-17(9-11(2)16(10)4)12(3)13-6-7-14(20-13)15(18)19-5/h6-7,10-12H,8-9H2,1-5H3. The maximum absolute atomic E-state index is 11.4. The number of furan rings is 1. The van der Waals surface area contributed by atoms with Gasteiger partial charge in [0.2, 0.25) is 5.76 Å². The van der Waals surface area contributed by atoms with Crippen molar-refractivity contribution in [2.24, 2.45) is 0 Å². The minimum absolute atomic E-state index is 0.159. The summed E-state index contributed by atoms with van der Waals surface area (Å²) in [6, 6.07) is 4.73. The van der Waals surface area contributed by atoms with Crippen LogP contribution in [0.5, 0.6) is 0 Å². The van der Waals surface area contributed by atoms with Gasteiger partial charge in [0.05, 0.1) is 13.2 Å². The van der Waals surface area contributed by atoms with Crippen molar-refractivity contribution in [2.75, 3.05) is 27.2 Å². The van der Waals surface area contributed by atoms with E-state index in [0.29, 0.717) is 12.1 Å². The van der Waals surface area contributed by atoms with E-state index >= 15 is 0 Å². The number of carbonyl (C=O) groups excluding carboxylic acids is 1. The Balaban J connectivity index is 2.09. The quantitative estimate of drug-likeness (QED) is 0.794. The molecule has 0 bridgehead atoms. The molecule has 2 heterocycles. The van der Waals surface area contributed by atoms with Gasteiger partial charge in [-0.05, 0) is 40.0 Å². The Kier molecular flexibility index (Phi) is 4.50. The maximum atomic E-state index is 11.4. The molecule has 3 atom stereocenters. The van der Waals surface area contributed by atoms with E-state index in [1.165, 1.54) is 7.11 Å². The van der Waals surface area contributed by atoms with Crippen LogP contribution in [0.4, 0.5) is 0 Å². The molecule has 20 heavy (non-hydrogen) atoms. The highest BCUT2D eigenvalue weighted by Gasteiger charge is 2.31. The molecule has 3 unspecified atom stereocenters. The first-order chi connectivity index (χ1) is 9.43. The van der Waals surface area contributed by atoms with Gasteiger partial charge in [0.15, 0.2) is 0 Å². The number of hydrogen-bond donors (Lipinski definition) is 0. The third-order valence-electron chi connectivity index (χ3n) is 4.36. The Morgan fingerprint density at radius 3 is 2.50 bits per heavy atom. The van der Waals surface area contributed by atoms with E-state index in [2.05, 4.69) is 42.4 Å². The van der Waals surface area contributed by atoms with E-state index < -0.39 is 5.97 Å².